The predicted molar refractivity (Wildman–Crippen MR) is 111 cm³/mol. The minimum atomic E-state index is -0.0182. The second-order valence-corrected chi connectivity index (χ2v) is 7.05. The van der Waals surface area contributed by atoms with Crippen molar-refractivity contribution in [2.24, 2.45) is 0 Å². The Morgan fingerprint density at radius 3 is 2.33 bits per heavy atom. The topological polar surface area (TPSA) is 40.6 Å². The molecule has 0 aromatic heterocycles. The molecule has 2 aromatic rings. The van der Waals surface area contributed by atoms with E-state index in [4.69, 9.17) is 11.6 Å². The maximum Gasteiger partial charge on any atom is 0.228 e. The van der Waals surface area contributed by atoms with Crippen LogP contribution >= 0.6 is 11.6 Å². The molecule has 0 spiro atoms. The molecule has 0 aliphatic rings. The van der Waals surface area contributed by atoms with E-state index in [2.05, 4.69) is 0 Å². The number of halogens is 1. The van der Waals surface area contributed by atoms with E-state index >= 15 is 0 Å². The highest BCUT2D eigenvalue weighted by molar-refractivity contribution is 6.30. The SMILES string of the molecule is CCN(C(=O)CCN(CCc1ccc(Cl)cc1)C(C)=O)c1cccc(C)c1. The van der Waals surface area contributed by atoms with Gasteiger partial charge < -0.3 is 9.80 Å². The number of carbonyl (C=O) groups is 2. The number of hydrogen-bond donors (Lipinski definition) is 0. The van der Waals surface area contributed by atoms with Crippen LogP contribution < -0.4 is 4.90 Å². The maximum absolute atomic E-state index is 12.7. The second-order valence-electron chi connectivity index (χ2n) is 6.61. The van der Waals surface area contributed by atoms with Crippen LogP contribution in [0.1, 0.15) is 31.4 Å². The van der Waals surface area contributed by atoms with Gasteiger partial charge in [-0.3, -0.25) is 9.59 Å². The number of benzene rings is 2. The molecule has 2 rings (SSSR count). The molecule has 4 nitrogen and oxygen atoms in total. The number of rotatable bonds is 8. The molecule has 0 saturated heterocycles. The molecule has 27 heavy (non-hydrogen) atoms. The molecule has 0 N–H and O–H groups in total. The summed E-state index contributed by atoms with van der Waals surface area (Å²) in [5.41, 5.74) is 3.14. The van der Waals surface area contributed by atoms with Crippen LogP contribution in [0.15, 0.2) is 48.5 Å². The van der Waals surface area contributed by atoms with Gasteiger partial charge in [0.25, 0.3) is 0 Å². The fourth-order valence-corrected chi connectivity index (χ4v) is 3.13. The van der Waals surface area contributed by atoms with Crippen LogP contribution in [0.4, 0.5) is 5.69 Å². The lowest BCUT2D eigenvalue weighted by Crippen LogP contribution is -2.37. The number of carbonyl (C=O) groups excluding carboxylic acids is 2. The standard InChI is InChI=1S/C22H27ClN2O2/c1-4-25(21-7-5-6-17(2)16-21)22(27)13-15-24(18(3)26)14-12-19-8-10-20(23)11-9-19/h5-11,16H,4,12-15H2,1-3H3. The average Bonchev–Trinajstić information content (AvgIpc) is 2.63. The lowest BCUT2D eigenvalue weighted by Gasteiger charge is -2.25. The highest BCUT2D eigenvalue weighted by Crippen LogP contribution is 2.17. The van der Waals surface area contributed by atoms with Crippen molar-refractivity contribution in [3.63, 3.8) is 0 Å². The van der Waals surface area contributed by atoms with Gasteiger partial charge in [0.05, 0.1) is 0 Å². The van der Waals surface area contributed by atoms with Crippen molar-refractivity contribution in [1.29, 1.82) is 0 Å². The molecule has 0 unspecified atom stereocenters. The Morgan fingerprint density at radius 2 is 1.74 bits per heavy atom. The summed E-state index contributed by atoms with van der Waals surface area (Å²) in [5.74, 6) is 0.0104. The number of aryl methyl sites for hydroxylation is 1. The van der Waals surface area contributed by atoms with Crippen molar-refractivity contribution in [3.8, 4) is 0 Å². The first kappa shape index (κ1) is 21.0. The monoisotopic (exact) mass is 386 g/mol. The van der Waals surface area contributed by atoms with E-state index in [-0.39, 0.29) is 11.8 Å². The van der Waals surface area contributed by atoms with Gasteiger partial charge in [0.2, 0.25) is 11.8 Å². The minimum absolute atomic E-state index is 0.0182. The third-order valence-electron chi connectivity index (χ3n) is 4.56. The smallest absolute Gasteiger partial charge is 0.228 e. The number of anilines is 1. The largest absolute Gasteiger partial charge is 0.342 e. The van der Waals surface area contributed by atoms with Crippen LogP contribution in [-0.2, 0) is 16.0 Å². The fourth-order valence-electron chi connectivity index (χ4n) is 3.01. The molecule has 0 bridgehead atoms. The van der Waals surface area contributed by atoms with Crippen molar-refractivity contribution in [1.82, 2.24) is 4.90 Å². The molecular formula is C22H27ClN2O2. The van der Waals surface area contributed by atoms with E-state index in [0.29, 0.717) is 31.1 Å². The van der Waals surface area contributed by atoms with E-state index in [1.807, 2.05) is 62.4 Å². The van der Waals surface area contributed by atoms with Crippen molar-refractivity contribution in [3.05, 3.63) is 64.7 Å². The zero-order valence-electron chi connectivity index (χ0n) is 16.2. The average molecular weight is 387 g/mol. The molecule has 0 heterocycles. The first-order valence-corrected chi connectivity index (χ1v) is 9.65. The Labute approximate surface area is 166 Å². The molecule has 2 aromatic carbocycles. The summed E-state index contributed by atoms with van der Waals surface area (Å²) in [6.45, 7) is 7.13. The van der Waals surface area contributed by atoms with Crippen molar-refractivity contribution < 1.29 is 9.59 Å². The van der Waals surface area contributed by atoms with Gasteiger partial charge in [0, 0.05) is 43.7 Å². The van der Waals surface area contributed by atoms with Gasteiger partial charge in [-0.15, -0.1) is 0 Å². The Kier molecular flexibility index (Phi) is 7.86. The van der Waals surface area contributed by atoms with E-state index in [1.54, 1.807) is 16.7 Å². The van der Waals surface area contributed by atoms with Crippen LogP contribution in [-0.4, -0.2) is 36.3 Å². The molecule has 0 saturated carbocycles. The lowest BCUT2D eigenvalue weighted by molar-refractivity contribution is -0.129. The van der Waals surface area contributed by atoms with Crippen LogP contribution in [0.3, 0.4) is 0 Å². The molecule has 2 amide bonds. The second kappa shape index (κ2) is 10.1. The van der Waals surface area contributed by atoms with Crippen LogP contribution in [0, 0.1) is 6.92 Å². The zero-order valence-corrected chi connectivity index (χ0v) is 17.0. The minimum Gasteiger partial charge on any atom is -0.342 e. The highest BCUT2D eigenvalue weighted by Gasteiger charge is 2.17. The Bertz CT molecular complexity index is 774. The first-order valence-electron chi connectivity index (χ1n) is 9.27. The summed E-state index contributed by atoms with van der Waals surface area (Å²) in [7, 11) is 0. The zero-order chi connectivity index (χ0) is 19.8. The molecule has 0 fully saturated rings. The lowest BCUT2D eigenvalue weighted by atomic mass is 10.1. The van der Waals surface area contributed by atoms with Crippen molar-refractivity contribution in [2.45, 2.75) is 33.6 Å². The van der Waals surface area contributed by atoms with E-state index in [9.17, 15) is 9.59 Å². The quantitative estimate of drug-likeness (QED) is 0.671. The maximum atomic E-state index is 12.7. The Morgan fingerprint density at radius 1 is 1.04 bits per heavy atom. The molecule has 0 aliphatic heterocycles. The third-order valence-corrected chi connectivity index (χ3v) is 4.81. The van der Waals surface area contributed by atoms with Crippen molar-refractivity contribution >= 4 is 29.1 Å². The van der Waals surface area contributed by atoms with E-state index < -0.39 is 0 Å². The van der Waals surface area contributed by atoms with Gasteiger partial charge in [-0.25, -0.2) is 0 Å². The first-order chi connectivity index (χ1) is 12.9. The van der Waals surface area contributed by atoms with Gasteiger partial charge in [-0.1, -0.05) is 35.9 Å². The highest BCUT2D eigenvalue weighted by atomic mass is 35.5. The molecule has 0 aliphatic carbocycles. The van der Waals surface area contributed by atoms with Gasteiger partial charge in [-0.05, 0) is 55.7 Å². The third kappa shape index (κ3) is 6.40. The van der Waals surface area contributed by atoms with Gasteiger partial charge in [-0.2, -0.15) is 0 Å². The summed E-state index contributed by atoms with van der Waals surface area (Å²) >= 11 is 5.91. The summed E-state index contributed by atoms with van der Waals surface area (Å²) in [5, 5.41) is 0.698. The number of hydrogen-bond acceptors (Lipinski definition) is 2. The molecule has 0 radical (unpaired) electrons. The van der Waals surface area contributed by atoms with E-state index in [0.717, 1.165) is 23.2 Å². The molecule has 5 heteroatoms. The number of amides is 2. The Hall–Kier alpha value is -2.33. The van der Waals surface area contributed by atoms with Crippen LogP contribution in [0.2, 0.25) is 5.02 Å². The van der Waals surface area contributed by atoms with E-state index in [1.165, 1.54) is 0 Å². The van der Waals surface area contributed by atoms with Crippen LogP contribution in [0.25, 0.3) is 0 Å². The predicted octanol–water partition coefficient (Wildman–Crippen LogP) is 4.48. The summed E-state index contributed by atoms with van der Waals surface area (Å²) in [4.78, 5) is 28.2. The molecular weight excluding hydrogens is 360 g/mol. The fraction of sp³-hybridized carbons (Fsp3) is 0.364. The normalized spacial score (nSPS) is 10.5. The summed E-state index contributed by atoms with van der Waals surface area (Å²) in [6.07, 6.45) is 1.04. The number of nitrogens with zero attached hydrogens (tertiary/aromatic N) is 2. The summed E-state index contributed by atoms with van der Waals surface area (Å²) in [6, 6.07) is 15.5. The molecule has 144 valence electrons. The Balaban J connectivity index is 1.94. The van der Waals surface area contributed by atoms with Crippen LogP contribution in [0.5, 0.6) is 0 Å². The van der Waals surface area contributed by atoms with Gasteiger partial charge in [0.15, 0.2) is 0 Å². The van der Waals surface area contributed by atoms with Gasteiger partial charge in [0.1, 0.15) is 0 Å². The molecule has 0 atom stereocenters. The van der Waals surface area contributed by atoms with Gasteiger partial charge >= 0.3 is 0 Å². The summed E-state index contributed by atoms with van der Waals surface area (Å²) < 4.78 is 0. The van der Waals surface area contributed by atoms with Crippen molar-refractivity contribution in [2.75, 3.05) is 24.5 Å².